The maximum absolute atomic E-state index is 12.7. The van der Waals surface area contributed by atoms with Gasteiger partial charge in [0.05, 0.1) is 10.9 Å². The van der Waals surface area contributed by atoms with Crippen LogP contribution in [0, 0.1) is 0 Å². The zero-order valence-corrected chi connectivity index (χ0v) is 14.9. The maximum atomic E-state index is 12.7. The Bertz CT molecular complexity index is 975. The zero-order valence-electron chi connectivity index (χ0n) is 14.1. The summed E-state index contributed by atoms with van der Waals surface area (Å²) in [6, 6.07) is 8.18. The van der Waals surface area contributed by atoms with Crippen molar-refractivity contribution in [1.82, 2.24) is 15.3 Å². The molecule has 3 N–H and O–H groups in total. The van der Waals surface area contributed by atoms with Crippen LogP contribution in [0.5, 0.6) is 0 Å². The predicted octanol–water partition coefficient (Wildman–Crippen LogP) is 3.10. The van der Waals surface area contributed by atoms with Crippen molar-refractivity contribution in [3.05, 3.63) is 51.6 Å². The van der Waals surface area contributed by atoms with Crippen molar-refractivity contribution in [2.75, 3.05) is 6.54 Å². The minimum absolute atomic E-state index is 0.0209. The number of hydrogen-bond donors (Lipinski definition) is 3. The number of rotatable bonds is 5. The van der Waals surface area contributed by atoms with Gasteiger partial charge in [0.2, 0.25) is 5.91 Å². The van der Waals surface area contributed by atoms with Gasteiger partial charge in [-0.2, -0.15) is 0 Å². The number of benzene rings is 1. The standard InChI is InChI=1S/C19H19N3O3S/c23-18(20-9-8-16-21-15(10-26-16)19(24)25)13-6-3-5-12-11-4-1-2-7-14(11)22-17(12)13/h1-2,4,7,10,13,22H,3,5-6,8-9H2,(H,20,23)(H,24,25)/t13-/m0/s1. The van der Waals surface area contributed by atoms with E-state index in [0.717, 1.165) is 35.5 Å². The van der Waals surface area contributed by atoms with Crippen molar-refractivity contribution >= 4 is 34.1 Å². The second-order valence-electron chi connectivity index (χ2n) is 6.48. The van der Waals surface area contributed by atoms with Crippen LogP contribution < -0.4 is 5.32 Å². The second kappa shape index (κ2) is 6.92. The average Bonchev–Trinajstić information content (AvgIpc) is 3.26. The summed E-state index contributed by atoms with van der Waals surface area (Å²) in [4.78, 5) is 31.0. The number of hydrogen-bond acceptors (Lipinski definition) is 4. The molecule has 0 saturated carbocycles. The quantitative estimate of drug-likeness (QED) is 0.644. The molecule has 0 radical (unpaired) electrons. The zero-order chi connectivity index (χ0) is 18.1. The number of carboxylic acids is 1. The third-order valence-corrected chi connectivity index (χ3v) is 5.75. The molecule has 0 bridgehead atoms. The first-order valence-electron chi connectivity index (χ1n) is 8.68. The number of nitrogens with zero attached hydrogens (tertiary/aromatic N) is 1. The van der Waals surface area contributed by atoms with E-state index in [9.17, 15) is 9.59 Å². The van der Waals surface area contributed by atoms with E-state index in [-0.39, 0.29) is 17.5 Å². The summed E-state index contributed by atoms with van der Waals surface area (Å²) in [6.45, 7) is 0.456. The topological polar surface area (TPSA) is 95.1 Å². The number of fused-ring (bicyclic) bond motifs is 3. The lowest BCUT2D eigenvalue weighted by Gasteiger charge is -2.22. The molecule has 0 fully saturated rings. The largest absolute Gasteiger partial charge is 0.476 e. The summed E-state index contributed by atoms with van der Waals surface area (Å²) in [6.07, 6.45) is 3.38. The van der Waals surface area contributed by atoms with Crippen LogP contribution in [0.1, 0.15) is 45.5 Å². The van der Waals surface area contributed by atoms with Gasteiger partial charge < -0.3 is 15.4 Å². The van der Waals surface area contributed by atoms with Crippen molar-refractivity contribution < 1.29 is 14.7 Å². The van der Waals surface area contributed by atoms with Crippen molar-refractivity contribution in [1.29, 1.82) is 0 Å². The fraction of sp³-hybridized carbons (Fsp3) is 0.316. The molecule has 0 aliphatic heterocycles. The van der Waals surface area contributed by atoms with Gasteiger partial charge in [0.1, 0.15) is 0 Å². The third-order valence-electron chi connectivity index (χ3n) is 4.84. The Hall–Kier alpha value is -2.67. The number of aromatic nitrogens is 2. The number of carbonyl (C=O) groups is 2. The van der Waals surface area contributed by atoms with Crippen molar-refractivity contribution in [2.45, 2.75) is 31.6 Å². The van der Waals surface area contributed by atoms with Gasteiger partial charge in [0, 0.05) is 34.9 Å². The van der Waals surface area contributed by atoms with E-state index in [1.54, 1.807) is 0 Å². The van der Waals surface area contributed by atoms with Crippen LogP contribution in [0.3, 0.4) is 0 Å². The molecule has 2 aromatic heterocycles. The van der Waals surface area contributed by atoms with Crippen LogP contribution in [0.2, 0.25) is 0 Å². The first-order chi connectivity index (χ1) is 12.6. The Morgan fingerprint density at radius 1 is 1.35 bits per heavy atom. The Kier molecular flexibility index (Phi) is 4.46. The van der Waals surface area contributed by atoms with E-state index in [2.05, 4.69) is 21.4 Å². The van der Waals surface area contributed by atoms with Gasteiger partial charge in [-0.15, -0.1) is 11.3 Å². The molecule has 3 aromatic rings. The van der Waals surface area contributed by atoms with Crippen LogP contribution in [0.15, 0.2) is 29.6 Å². The molecule has 26 heavy (non-hydrogen) atoms. The molecule has 1 aromatic carbocycles. The number of aryl methyl sites for hydroxylation is 1. The minimum Gasteiger partial charge on any atom is -0.476 e. The molecule has 7 heteroatoms. The molecule has 1 aliphatic carbocycles. The smallest absolute Gasteiger partial charge is 0.355 e. The second-order valence-corrected chi connectivity index (χ2v) is 7.42. The van der Waals surface area contributed by atoms with Crippen LogP contribution in [-0.4, -0.2) is 33.5 Å². The number of carboxylic acid groups (broad SMARTS) is 1. The summed E-state index contributed by atoms with van der Waals surface area (Å²) in [5.74, 6) is -1.16. The van der Waals surface area contributed by atoms with Crippen molar-refractivity contribution in [3.8, 4) is 0 Å². The molecule has 4 rings (SSSR count). The lowest BCUT2D eigenvalue weighted by molar-refractivity contribution is -0.122. The maximum Gasteiger partial charge on any atom is 0.355 e. The fourth-order valence-corrected chi connectivity index (χ4v) is 4.39. The van der Waals surface area contributed by atoms with Gasteiger partial charge in [-0.05, 0) is 30.9 Å². The highest BCUT2D eigenvalue weighted by molar-refractivity contribution is 7.09. The molecular formula is C19H19N3O3S. The molecule has 1 aliphatic rings. The molecule has 6 nitrogen and oxygen atoms in total. The van der Waals surface area contributed by atoms with E-state index in [1.165, 1.54) is 27.7 Å². The highest BCUT2D eigenvalue weighted by Gasteiger charge is 2.29. The number of carbonyl (C=O) groups excluding carboxylic acids is 1. The number of aromatic amines is 1. The van der Waals surface area contributed by atoms with E-state index in [0.29, 0.717) is 13.0 Å². The van der Waals surface area contributed by atoms with Crippen LogP contribution in [0.4, 0.5) is 0 Å². The van der Waals surface area contributed by atoms with Crippen molar-refractivity contribution in [3.63, 3.8) is 0 Å². The van der Waals surface area contributed by atoms with E-state index in [4.69, 9.17) is 5.11 Å². The molecule has 1 atom stereocenters. The number of nitrogens with one attached hydrogen (secondary N) is 2. The van der Waals surface area contributed by atoms with Gasteiger partial charge >= 0.3 is 5.97 Å². The summed E-state index contributed by atoms with van der Waals surface area (Å²) in [7, 11) is 0. The van der Waals surface area contributed by atoms with E-state index < -0.39 is 5.97 Å². The van der Waals surface area contributed by atoms with Gasteiger partial charge in [-0.3, -0.25) is 4.79 Å². The number of para-hydroxylation sites is 1. The first kappa shape index (κ1) is 16.8. The lowest BCUT2D eigenvalue weighted by Crippen LogP contribution is -2.32. The molecule has 0 saturated heterocycles. The Morgan fingerprint density at radius 3 is 3.00 bits per heavy atom. The van der Waals surface area contributed by atoms with Crippen LogP contribution >= 0.6 is 11.3 Å². The lowest BCUT2D eigenvalue weighted by atomic mass is 9.86. The summed E-state index contributed by atoms with van der Waals surface area (Å²) < 4.78 is 0. The highest BCUT2D eigenvalue weighted by Crippen LogP contribution is 2.36. The van der Waals surface area contributed by atoms with Gasteiger partial charge in [0.15, 0.2) is 5.69 Å². The predicted molar refractivity (Wildman–Crippen MR) is 99.8 cm³/mol. The normalized spacial score (nSPS) is 16.4. The summed E-state index contributed by atoms with van der Waals surface area (Å²) >= 11 is 1.31. The molecule has 1 amide bonds. The first-order valence-corrected chi connectivity index (χ1v) is 9.56. The van der Waals surface area contributed by atoms with Crippen LogP contribution in [-0.2, 0) is 17.6 Å². The van der Waals surface area contributed by atoms with Gasteiger partial charge in [-0.25, -0.2) is 9.78 Å². The van der Waals surface area contributed by atoms with E-state index in [1.807, 2.05) is 18.2 Å². The molecule has 134 valence electrons. The highest BCUT2D eigenvalue weighted by atomic mass is 32.1. The monoisotopic (exact) mass is 369 g/mol. The molecule has 2 heterocycles. The molecular weight excluding hydrogens is 350 g/mol. The molecule has 0 spiro atoms. The number of H-pyrrole nitrogens is 1. The Balaban J connectivity index is 1.43. The average molecular weight is 369 g/mol. The van der Waals surface area contributed by atoms with Gasteiger partial charge in [-0.1, -0.05) is 18.2 Å². The van der Waals surface area contributed by atoms with Crippen LogP contribution in [0.25, 0.3) is 10.9 Å². The third kappa shape index (κ3) is 3.10. The Labute approximate surface area is 154 Å². The fourth-order valence-electron chi connectivity index (χ4n) is 3.62. The summed E-state index contributed by atoms with van der Waals surface area (Å²) in [5, 5.41) is 15.3. The van der Waals surface area contributed by atoms with Crippen molar-refractivity contribution in [2.24, 2.45) is 0 Å². The van der Waals surface area contributed by atoms with E-state index >= 15 is 0 Å². The minimum atomic E-state index is -1.02. The number of aromatic carboxylic acids is 1. The number of amides is 1. The molecule has 0 unspecified atom stereocenters. The van der Waals surface area contributed by atoms with Gasteiger partial charge in [0.25, 0.3) is 0 Å². The SMILES string of the molecule is O=C(O)c1csc(CCNC(=O)[C@H]2CCCc3c2[nH]c2ccccc32)n1. The Morgan fingerprint density at radius 2 is 2.19 bits per heavy atom. The number of thiazole rings is 1. The summed E-state index contributed by atoms with van der Waals surface area (Å²) in [5.41, 5.74) is 3.45.